The van der Waals surface area contributed by atoms with Gasteiger partial charge in [-0.2, -0.15) is 4.98 Å². The van der Waals surface area contributed by atoms with Crippen LogP contribution >= 0.6 is 0 Å². The number of carbonyl (C=O) groups is 1. The summed E-state index contributed by atoms with van der Waals surface area (Å²) in [5.41, 5.74) is 5.12. The SMILES string of the molecule is Cc1ccc(CNC(=O)COc2cc(C)nc(-c3ccc(C)cc3)n2)cc1. The highest BCUT2D eigenvalue weighted by atomic mass is 16.5. The van der Waals surface area contributed by atoms with Gasteiger partial charge < -0.3 is 10.1 Å². The molecular formula is C22H23N3O2. The van der Waals surface area contributed by atoms with Gasteiger partial charge in [0.1, 0.15) is 0 Å². The molecule has 1 N–H and O–H groups in total. The minimum atomic E-state index is -0.191. The molecule has 5 nitrogen and oxygen atoms in total. The van der Waals surface area contributed by atoms with Gasteiger partial charge in [0.15, 0.2) is 12.4 Å². The maximum Gasteiger partial charge on any atom is 0.258 e. The lowest BCUT2D eigenvalue weighted by molar-refractivity contribution is -0.123. The lowest BCUT2D eigenvalue weighted by Crippen LogP contribution is -2.28. The largest absolute Gasteiger partial charge is 0.467 e. The summed E-state index contributed by atoms with van der Waals surface area (Å²) in [7, 11) is 0. The van der Waals surface area contributed by atoms with Crippen LogP contribution < -0.4 is 10.1 Å². The fourth-order valence-corrected chi connectivity index (χ4v) is 2.54. The lowest BCUT2D eigenvalue weighted by Gasteiger charge is -2.09. The van der Waals surface area contributed by atoms with Crippen molar-refractivity contribution in [1.29, 1.82) is 0 Å². The minimum Gasteiger partial charge on any atom is -0.467 e. The summed E-state index contributed by atoms with van der Waals surface area (Å²) in [5.74, 6) is 0.789. The standard InChI is InChI=1S/C22H23N3O2/c1-15-4-8-18(9-5-15)13-23-20(26)14-27-21-12-17(3)24-22(25-21)19-10-6-16(2)7-11-19/h4-12H,13-14H2,1-3H3,(H,23,26). The number of aryl methyl sites for hydroxylation is 3. The summed E-state index contributed by atoms with van der Waals surface area (Å²) in [6.07, 6.45) is 0. The van der Waals surface area contributed by atoms with Crippen LogP contribution in [0.4, 0.5) is 0 Å². The highest BCUT2D eigenvalue weighted by molar-refractivity contribution is 5.77. The number of hydrogen-bond acceptors (Lipinski definition) is 4. The van der Waals surface area contributed by atoms with E-state index >= 15 is 0 Å². The summed E-state index contributed by atoms with van der Waals surface area (Å²) in [5, 5.41) is 2.85. The predicted octanol–water partition coefficient (Wildman–Crippen LogP) is 3.76. The Hall–Kier alpha value is -3.21. The third kappa shape index (κ3) is 5.38. The average Bonchev–Trinajstić information content (AvgIpc) is 2.66. The van der Waals surface area contributed by atoms with Gasteiger partial charge in [0.25, 0.3) is 5.91 Å². The molecule has 0 spiro atoms. The van der Waals surface area contributed by atoms with E-state index in [0.717, 1.165) is 16.8 Å². The number of aromatic nitrogens is 2. The highest BCUT2D eigenvalue weighted by Gasteiger charge is 2.08. The zero-order chi connectivity index (χ0) is 19.2. The van der Waals surface area contributed by atoms with Gasteiger partial charge in [-0.05, 0) is 26.3 Å². The molecule has 0 aliphatic rings. The molecule has 1 aromatic heterocycles. The first-order chi connectivity index (χ1) is 13.0. The van der Waals surface area contributed by atoms with Crippen molar-refractivity contribution >= 4 is 5.91 Å². The molecule has 0 atom stereocenters. The molecule has 138 valence electrons. The number of benzene rings is 2. The zero-order valence-electron chi connectivity index (χ0n) is 15.8. The molecule has 0 saturated heterocycles. The summed E-state index contributed by atoms with van der Waals surface area (Å²) in [4.78, 5) is 20.9. The minimum absolute atomic E-state index is 0.0876. The van der Waals surface area contributed by atoms with Crippen LogP contribution in [-0.4, -0.2) is 22.5 Å². The molecule has 0 aliphatic carbocycles. The number of rotatable bonds is 6. The Balaban J connectivity index is 1.59. The third-order valence-corrected chi connectivity index (χ3v) is 4.10. The quantitative estimate of drug-likeness (QED) is 0.726. The molecule has 0 bridgehead atoms. The monoisotopic (exact) mass is 361 g/mol. The van der Waals surface area contributed by atoms with Crippen molar-refractivity contribution in [2.24, 2.45) is 0 Å². The number of nitrogens with zero attached hydrogens (tertiary/aromatic N) is 2. The molecule has 1 amide bonds. The number of hydrogen-bond donors (Lipinski definition) is 1. The van der Waals surface area contributed by atoms with Gasteiger partial charge in [0.05, 0.1) is 0 Å². The number of nitrogens with one attached hydrogen (secondary N) is 1. The van der Waals surface area contributed by atoms with E-state index in [1.165, 1.54) is 11.1 Å². The molecule has 5 heteroatoms. The summed E-state index contributed by atoms with van der Waals surface area (Å²) < 4.78 is 5.58. The normalized spacial score (nSPS) is 10.5. The number of ether oxygens (including phenoxy) is 1. The second-order valence-corrected chi connectivity index (χ2v) is 6.59. The topological polar surface area (TPSA) is 64.1 Å². The molecule has 2 aromatic carbocycles. The molecule has 0 unspecified atom stereocenters. The molecular weight excluding hydrogens is 338 g/mol. The fraction of sp³-hybridized carbons (Fsp3) is 0.227. The van der Waals surface area contributed by atoms with Crippen LogP contribution in [0.2, 0.25) is 0 Å². The van der Waals surface area contributed by atoms with Crippen molar-refractivity contribution in [3.05, 3.63) is 77.0 Å². The van der Waals surface area contributed by atoms with Crippen molar-refractivity contribution in [2.75, 3.05) is 6.61 Å². The third-order valence-electron chi connectivity index (χ3n) is 4.10. The van der Waals surface area contributed by atoms with E-state index in [2.05, 4.69) is 15.3 Å². The number of carbonyl (C=O) groups excluding carboxylic acids is 1. The second-order valence-electron chi connectivity index (χ2n) is 6.59. The Morgan fingerprint density at radius 1 is 0.926 bits per heavy atom. The molecule has 3 aromatic rings. The van der Waals surface area contributed by atoms with E-state index in [1.54, 1.807) is 6.07 Å². The van der Waals surface area contributed by atoms with Crippen molar-refractivity contribution in [2.45, 2.75) is 27.3 Å². The maximum atomic E-state index is 12.1. The smallest absolute Gasteiger partial charge is 0.258 e. The van der Waals surface area contributed by atoms with Crippen LogP contribution in [0.15, 0.2) is 54.6 Å². The van der Waals surface area contributed by atoms with E-state index < -0.39 is 0 Å². The van der Waals surface area contributed by atoms with Gasteiger partial charge in [-0.3, -0.25) is 4.79 Å². The summed E-state index contributed by atoms with van der Waals surface area (Å²) in [6, 6.07) is 17.7. The number of amides is 1. The highest BCUT2D eigenvalue weighted by Crippen LogP contribution is 2.19. The second kappa shape index (κ2) is 8.45. The first kappa shape index (κ1) is 18.6. The fourth-order valence-electron chi connectivity index (χ4n) is 2.54. The van der Waals surface area contributed by atoms with Gasteiger partial charge in [-0.1, -0.05) is 59.7 Å². The van der Waals surface area contributed by atoms with Crippen molar-refractivity contribution < 1.29 is 9.53 Å². The predicted molar refractivity (Wildman–Crippen MR) is 105 cm³/mol. The van der Waals surface area contributed by atoms with Crippen molar-refractivity contribution in [3.63, 3.8) is 0 Å². The van der Waals surface area contributed by atoms with Gasteiger partial charge >= 0.3 is 0 Å². The Labute approximate surface area is 159 Å². The van der Waals surface area contributed by atoms with E-state index in [0.29, 0.717) is 18.2 Å². The molecule has 0 saturated carbocycles. The lowest BCUT2D eigenvalue weighted by atomic mass is 10.1. The van der Waals surface area contributed by atoms with Gasteiger partial charge in [0.2, 0.25) is 5.88 Å². The van der Waals surface area contributed by atoms with Crippen molar-refractivity contribution in [3.8, 4) is 17.3 Å². The van der Waals surface area contributed by atoms with Crippen LogP contribution in [0.25, 0.3) is 11.4 Å². The van der Waals surface area contributed by atoms with Gasteiger partial charge in [-0.25, -0.2) is 4.98 Å². The van der Waals surface area contributed by atoms with Crippen LogP contribution in [0.1, 0.15) is 22.4 Å². The maximum absolute atomic E-state index is 12.1. The zero-order valence-corrected chi connectivity index (χ0v) is 15.8. The molecule has 0 radical (unpaired) electrons. The first-order valence-corrected chi connectivity index (χ1v) is 8.87. The van der Waals surface area contributed by atoms with E-state index in [1.807, 2.05) is 69.3 Å². The molecule has 27 heavy (non-hydrogen) atoms. The van der Waals surface area contributed by atoms with Crippen molar-refractivity contribution in [1.82, 2.24) is 15.3 Å². The summed E-state index contributed by atoms with van der Waals surface area (Å²) >= 11 is 0. The van der Waals surface area contributed by atoms with E-state index in [9.17, 15) is 4.79 Å². The van der Waals surface area contributed by atoms with Crippen LogP contribution in [0.3, 0.4) is 0 Å². The molecule has 0 aliphatic heterocycles. The van der Waals surface area contributed by atoms with Gasteiger partial charge in [0, 0.05) is 23.9 Å². The average molecular weight is 361 g/mol. The van der Waals surface area contributed by atoms with Crippen LogP contribution in [0, 0.1) is 20.8 Å². The Bertz CT molecular complexity index is 919. The molecule has 3 rings (SSSR count). The Kier molecular flexibility index (Phi) is 5.81. The van der Waals surface area contributed by atoms with Crippen LogP contribution in [-0.2, 0) is 11.3 Å². The Morgan fingerprint density at radius 2 is 1.56 bits per heavy atom. The van der Waals surface area contributed by atoms with E-state index in [4.69, 9.17) is 4.74 Å². The molecule has 1 heterocycles. The van der Waals surface area contributed by atoms with E-state index in [-0.39, 0.29) is 12.5 Å². The first-order valence-electron chi connectivity index (χ1n) is 8.87. The van der Waals surface area contributed by atoms with Gasteiger partial charge in [-0.15, -0.1) is 0 Å². The van der Waals surface area contributed by atoms with Crippen LogP contribution in [0.5, 0.6) is 5.88 Å². The summed E-state index contributed by atoms with van der Waals surface area (Å²) in [6.45, 7) is 6.33. The Morgan fingerprint density at radius 3 is 2.22 bits per heavy atom. The molecule has 0 fully saturated rings.